The Bertz CT molecular complexity index is 338. The van der Waals surface area contributed by atoms with Crippen LogP contribution in [0.25, 0.3) is 6.08 Å². The molecule has 1 nitrogen and oxygen atoms in total. The molecule has 76 valence electrons. The van der Waals surface area contributed by atoms with Crippen LogP contribution in [0.4, 0.5) is 4.39 Å². The molecule has 1 aromatic carbocycles. The van der Waals surface area contributed by atoms with Gasteiger partial charge in [0.2, 0.25) is 0 Å². The molecule has 0 atom stereocenters. The highest BCUT2D eigenvalue weighted by atomic mass is 19.1. The fourth-order valence-corrected chi connectivity index (χ4v) is 1.32. The molecule has 0 aliphatic heterocycles. The van der Waals surface area contributed by atoms with Crippen molar-refractivity contribution in [1.82, 2.24) is 0 Å². The van der Waals surface area contributed by atoms with Gasteiger partial charge in [0.1, 0.15) is 5.82 Å². The molecule has 0 amide bonds. The second-order valence-corrected chi connectivity index (χ2v) is 3.62. The molecule has 1 aromatic rings. The van der Waals surface area contributed by atoms with Gasteiger partial charge in [0.05, 0.1) is 0 Å². The third-order valence-corrected chi connectivity index (χ3v) is 1.94. The summed E-state index contributed by atoms with van der Waals surface area (Å²) in [5.41, 5.74) is 8.09. The van der Waals surface area contributed by atoms with Gasteiger partial charge in [0, 0.05) is 5.56 Å². The molecule has 0 heterocycles. The lowest BCUT2D eigenvalue weighted by Gasteiger charge is -2.02. The van der Waals surface area contributed by atoms with Crippen molar-refractivity contribution in [3.8, 4) is 0 Å². The van der Waals surface area contributed by atoms with E-state index in [1.807, 2.05) is 26.0 Å². The fraction of sp³-hybridized carbons (Fsp3) is 0.333. The van der Waals surface area contributed by atoms with E-state index in [0.717, 1.165) is 17.6 Å². The Balaban J connectivity index is 2.95. The lowest BCUT2D eigenvalue weighted by molar-refractivity contribution is 0.622. The first-order chi connectivity index (χ1) is 6.63. The van der Waals surface area contributed by atoms with Crippen LogP contribution in [-0.4, -0.2) is 6.54 Å². The minimum absolute atomic E-state index is 0.169. The molecule has 0 unspecified atom stereocenters. The minimum Gasteiger partial charge on any atom is -0.330 e. The van der Waals surface area contributed by atoms with Gasteiger partial charge in [-0.2, -0.15) is 0 Å². The van der Waals surface area contributed by atoms with Crippen LogP contribution in [0.15, 0.2) is 23.8 Å². The van der Waals surface area contributed by atoms with Crippen molar-refractivity contribution in [2.75, 3.05) is 6.54 Å². The molecule has 14 heavy (non-hydrogen) atoms. The third kappa shape index (κ3) is 2.96. The van der Waals surface area contributed by atoms with Crippen LogP contribution < -0.4 is 5.73 Å². The van der Waals surface area contributed by atoms with Crippen LogP contribution in [0.2, 0.25) is 0 Å². The summed E-state index contributed by atoms with van der Waals surface area (Å²) in [4.78, 5) is 0. The Morgan fingerprint density at radius 1 is 1.43 bits per heavy atom. The molecular formula is C12H16FN. The maximum Gasteiger partial charge on any atom is 0.130 e. The van der Waals surface area contributed by atoms with E-state index in [2.05, 4.69) is 0 Å². The Morgan fingerprint density at radius 3 is 2.64 bits per heavy atom. The van der Waals surface area contributed by atoms with Gasteiger partial charge in [-0.25, -0.2) is 4.39 Å². The second kappa shape index (κ2) is 4.91. The molecule has 0 aromatic heterocycles. The molecule has 0 fully saturated rings. The number of nitrogens with two attached hydrogens (primary N) is 1. The van der Waals surface area contributed by atoms with Crippen molar-refractivity contribution in [2.45, 2.75) is 20.3 Å². The average molecular weight is 193 g/mol. The quantitative estimate of drug-likeness (QED) is 0.784. The van der Waals surface area contributed by atoms with Crippen molar-refractivity contribution >= 4 is 6.08 Å². The standard InChI is InChI=1S/C12H16FN/c1-9(2)7-11-4-3-10(5-6-14)8-12(11)13/h3-4,7-8H,5-6,14H2,1-2H3. The van der Waals surface area contributed by atoms with Crippen LogP contribution in [-0.2, 0) is 6.42 Å². The first-order valence-electron chi connectivity index (χ1n) is 4.77. The first-order valence-corrected chi connectivity index (χ1v) is 4.77. The van der Waals surface area contributed by atoms with Gasteiger partial charge in [0.25, 0.3) is 0 Å². The topological polar surface area (TPSA) is 26.0 Å². The van der Waals surface area contributed by atoms with E-state index in [4.69, 9.17) is 5.73 Å². The van der Waals surface area contributed by atoms with Crippen molar-refractivity contribution in [3.63, 3.8) is 0 Å². The van der Waals surface area contributed by atoms with Crippen LogP contribution in [0.5, 0.6) is 0 Å². The third-order valence-electron chi connectivity index (χ3n) is 1.94. The molecular weight excluding hydrogens is 177 g/mol. The van der Waals surface area contributed by atoms with E-state index in [1.54, 1.807) is 12.1 Å². The molecule has 1 rings (SSSR count). The molecule has 0 radical (unpaired) electrons. The predicted octanol–water partition coefficient (Wildman–Crippen LogP) is 2.75. The Morgan fingerprint density at radius 2 is 2.14 bits per heavy atom. The molecule has 0 spiro atoms. The summed E-state index contributed by atoms with van der Waals surface area (Å²) in [6.07, 6.45) is 2.56. The summed E-state index contributed by atoms with van der Waals surface area (Å²) in [5.74, 6) is -0.169. The summed E-state index contributed by atoms with van der Waals surface area (Å²) >= 11 is 0. The van der Waals surface area contributed by atoms with Crippen LogP contribution in [0, 0.1) is 5.82 Å². The highest BCUT2D eigenvalue weighted by molar-refractivity contribution is 5.53. The molecule has 0 saturated heterocycles. The predicted molar refractivity (Wildman–Crippen MR) is 58.5 cm³/mol. The summed E-state index contributed by atoms with van der Waals surface area (Å²) in [6, 6.07) is 5.28. The fourth-order valence-electron chi connectivity index (χ4n) is 1.32. The zero-order valence-corrected chi connectivity index (χ0v) is 8.68. The van der Waals surface area contributed by atoms with E-state index in [9.17, 15) is 4.39 Å². The molecule has 0 saturated carbocycles. The second-order valence-electron chi connectivity index (χ2n) is 3.62. The number of halogens is 1. The Labute approximate surface area is 84.4 Å². The van der Waals surface area contributed by atoms with Crippen molar-refractivity contribution in [3.05, 3.63) is 40.7 Å². The van der Waals surface area contributed by atoms with E-state index < -0.39 is 0 Å². The van der Waals surface area contributed by atoms with E-state index in [0.29, 0.717) is 12.1 Å². The SMILES string of the molecule is CC(C)=Cc1ccc(CCN)cc1F. The number of hydrogen-bond acceptors (Lipinski definition) is 1. The molecule has 0 bridgehead atoms. The van der Waals surface area contributed by atoms with Crippen molar-refractivity contribution < 1.29 is 4.39 Å². The number of rotatable bonds is 3. The van der Waals surface area contributed by atoms with Gasteiger partial charge < -0.3 is 5.73 Å². The van der Waals surface area contributed by atoms with E-state index >= 15 is 0 Å². The van der Waals surface area contributed by atoms with Crippen LogP contribution >= 0.6 is 0 Å². The minimum atomic E-state index is -0.169. The number of benzene rings is 1. The largest absolute Gasteiger partial charge is 0.330 e. The Hall–Kier alpha value is -1.15. The van der Waals surface area contributed by atoms with Crippen LogP contribution in [0.3, 0.4) is 0 Å². The highest BCUT2D eigenvalue weighted by Crippen LogP contribution is 2.14. The summed E-state index contributed by atoms with van der Waals surface area (Å²) < 4.78 is 13.4. The van der Waals surface area contributed by atoms with Gasteiger partial charge in [-0.1, -0.05) is 23.8 Å². The average Bonchev–Trinajstić information content (AvgIpc) is 2.10. The Kier molecular flexibility index (Phi) is 3.84. The van der Waals surface area contributed by atoms with Gasteiger partial charge in [0.15, 0.2) is 0 Å². The van der Waals surface area contributed by atoms with Gasteiger partial charge in [-0.15, -0.1) is 0 Å². The lowest BCUT2D eigenvalue weighted by atomic mass is 10.1. The molecule has 2 heteroatoms. The zero-order chi connectivity index (χ0) is 10.6. The molecule has 2 N–H and O–H groups in total. The van der Waals surface area contributed by atoms with Crippen LogP contribution in [0.1, 0.15) is 25.0 Å². The van der Waals surface area contributed by atoms with Gasteiger partial charge in [-0.3, -0.25) is 0 Å². The van der Waals surface area contributed by atoms with E-state index in [1.165, 1.54) is 0 Å². The molecule has 0 aliphatic carbocycles. The smallest absolute Gasteiger partial charge is 0.130 e. The zero-order valence-electron chi connectivity index (χ0n) is 8.68. The highest BCUT2D eigenvalue weighted by Gasteiger charge is 2.00. The van der Waals surface area contributed by atoms with E-state index in [-0.39, 0.29) is 5.82 Å². The maximum absolute atomic E-state index is 13.4. The summed E-state index contributed by atoms with van der Waals surface area (Å²) in [7, 11) is 0. The number of allylic oxidation sites excluding steroid dienone is 1. The molecule has 0 aliphatic rings. The first kappa shape index (κ1) is 10.9. The van der Waals surface area contributed by atoms with Gasteiger partial charge >= 0.3 is 0 Å². The van der Waals surface area contributed by atoms with Crippen molar-refractivity contribution in [1.29, 1.82) is 0 Å². The number of hydrogen-bond donors (Lipinski definition) is 1. The summed E-state index contributed by atoms with van der Waals surface area (Å²) in [6.45, 7) is 4.46. The normalized spacial score (nSPS) is 10.0. The van der Waals surface area contributed by atoms with Crippen molar-refractivity contribution in [2.24, 2.45) is 5.73 Å². The monoisotopic (exact) mass is 193 g/mol. The van der Waals surface area contributed by atoms with Gasteiger partial charge in [-0.05, 0) is 38.4 Å². The summed E-state index contributed by atoms with van der Waals surface area (Å²) in [5, 5.41) is 0. The lowest BCUT2D eigenvalue weighted by Crippen LogP contribution is -2.03. The maximum atomic E-state index is 13.4.